The van der Waals surface area contributed by atoms with Crippen molar-refractivity contribution in [1.82, 2.24) is 9.47 Å². The van der Waals surface area contributed by atoms with E-state index in [2.05, 4.69) is 0 Å². The predicted molar refractivity (Wildman–Crippen MR) is 140 cm³/mol. The zero-order valence-electron chi connectivity index (χ0n) is 21.0. The second kappa shape index (κ2) is 9.63. The highest BCUT2D eigenvalue weighted by molar-refractivity contribution is 5.94. The third-order valence-corrected chi connectivity index (χ3v) is 7.28. The van der Waals surface area contributed by atoms with E-state index in [1.54, 1.807) is 60.7 Å². The quantitative estimate of drug-likeness (QED) is 0.343. The van der Waals surface area contributed by atoms with Gasteiger partial charge in [-0.05, 0) is 28.8 Å². The van der Waals surface area contributed by atoms with Crippen molar-refractivity contribution in [1.29, 1.82) is 0 Å². The Hall–Kier alpha value is -4.72. The number of aliphatic carboxylic acids is 1. The number of ether oxygens (including phenoxy) is 1. The molecular formula is C30H28N2O6. The number of carboxylic acid groups (broad SMARTS) is 1. The minimum Gasteiger partial charge on any atom is -0.497 e. The molecule has 1 aliphatic rings. The van der Waals surface area contributed by atoms with Crippen molar-refractivity contribution in [2.45, 2.75) is 24.4 Å². The SMILES string of the molecule is COc1ccc([C@H]2c3c(c(O)n(C)c3O)[C@@](Cc3ccccc3)(C(=O)O)N2C(=O)Cc2ccccc2)cc1. The molecule has 194 valence electrons. The number of amides is 1. The molecule has 8 nitrogen and oxygen atoms in total. The summed E-state index contributed by atoms with van der Waals surface area (Å²) in [6.07, 6.45) is -0.171. The summed E-state index contributed by atoms with van der Waals surface area (Å²) in [7, 11) is 2.99. The number of rotatable bonds is 7. The highest BCUT2D eigenvalue weighted by Crippen LogP contribution is 2.58. The summed E-state index contributed by atoms with van der Waals surface area (Å²) < 4.78 is 6.45. The number of carbonyl (C=O) groups excluding carboxylic acids is 1. The fourth-order valence-corrected chi connectivity index (χ4v) is 5.48. The molecule has 0 radical (unpaired) electrons. The van der Waals surface area contributed by atoms with Crippen LogP contribution in [0.15, 0.2) is 84.9 Å². The number of carbonyl (C=O) groups is 2. The normalized spacial score (nSPS) is 18.3. The van der Waals surface area contributed by atoms with Crippen molar-refractivity contribution in [3.63, 3.8) is 0 Å². The fourth-order valence-electron chi connectivity index (χ4n) is 5.48. The average Bonchev–Trinajstić information content (AvgIpc) is 3.36. The molecule has 8 heteroatoms. The Balaban J connectivity index is 1.78. The van der Waals surface area contributed by atoms with Crippen LogP contribution in [0.25, 0.3) is 0 Å². The molecule has 0 saturated carbocycles. The molecule has 1 aliphatic heterocycles. The van der Waals surface area contributed by atoms with Crippen LogP contribution in [0, 0.1) is 0 Å². The van der Waals surface area contributed by atoms with Gasteiger partial charge >= 0.3 is 5.97 Å². The highest BCUT2D eigenvalue weighted by atomic mass is 16.5. The van der Waals surface area contributed by atoms with E-state index in [0.717, 1.165) is 10.1 Å². The number of aromatic hydroxyl groups is 2. The Bertz CT molecular complexity index is 1480. The van der Waals surface area contributed by atoms with E-state index in [1.807, 2.05) is 24.3 Å². The number of aromatic nitrogens is 1. The van der Waals surface area contributed by atoms with Gasteiger partial charge in [-0.2, -0.15) is 0 Å². The number of nitrogens with zero attached hydrogens (tertiary/aromatic N) is 2. The molecule has 4 aromatic rings. The van der Waals surface area contributed by atoms with Crippen LogP contribution < -0.4 is 4.74 Å². The zero-order valence-corrected chi connectivity index (χ0v) is 21.0. The lowest BCUT2D eigenvalue weighted by Gasteiger charge is -2.39. The summed E-state index contributed by atoms with van der Waals surface area (Å²) in [4.78, 5) is 28.9. The van der Waals surface area contributed by atoms with Gasteiger partial charge in [0.15, 0.2) is 17.3 Å². The lowest BCUT2D eigenvalue weighted by Crippen LogP contribution is -2.54. The molecule has 0 unspecified atom stereocenters. The van der Waals surface area contributed by atoms with Gasteiger partial charge in [0.2, 0.25) is 5.91 Å². The van der Waals surface area contributed by atoms with E-state index < -0.39 is 29.3 Å². The van der Waals surface area contributed by atoms with Crippen LogP contribution in [0.3, 0.4) is 0 Å². The largest absolute Gasteiger partial charge is 0.497 e. The fraction of sp³-hybridized carbons (Fsp3) is 0.200. The van der Waals surface area contributed by atoms with Crippen molar-refractivity contribution in [3.8, 4) is 17.5 Å². The van der Waals surface area contributed by atoms with E-state index >= 15 is 0 Å². The number of carboxylic acids is 1. The molecule has 0 fully saturated rings. The topological polar surface area (TPSA) is 112 Å². The maximum absolute atomic E-state index is 14.2. The third-order valence-electron chi connectivity index (χ3n) is 7.28. The van der Waals surface area contributed by atoms with Crippen LogP contribution in [0.4, 0.5) is 0 Å². The Morgan fingerprint density at radius 2 is 1.45 bits per heavy atom. The van der Waals surface area contributed by atoms with Gasteiger partial charge in [0, 0.05) is 13.5 Å². The Kier molecular flexibility index (Phi) is 6.32. The Morgan fingerprint density at radius 1 is 0.868 bits per heavy atom. The van der Waals surface area contributed by atoms with Crippen molar-refractivity contribution in [2.75, 3.05) is 7.11 Å². The van der Waals surface area contributed by atoms with Gasteiger partial charge in [-0.25, -0.2) is 4.79 Å². The standard InChI is InChI=1S/C30H28N2O6/c1-31-27(34)24-25(28(31)35)30(29(36)37,18-20-11-7-4-8-12-20)32(23(33)17-19-9-5-3-6-10-19)26(24)21-13-15-22(38-2)16-14-21/h3-16,26,34-35H,17-18H2,1-2H3,(H,36,37)/t26-,30-/m0/s1. The maximum atomic E-state index is 14.2. The number of fused-ring (bicyclic) bond motifs is 1. The Morgan fingerprint density at radius 3 is 2.00 bits per heavy atom. The van der Waals surface area contributed by atoms with Gasteiger partial charge < -0.3 is 25.0 Å². The van der Waals surface area contributed by atoms with Crippen LogP contribution in [0.5, 0.6) is 17.5 Å². The Labute approximate surface area is 220 Å². The number of hydrogen-bond donors (Lipinski definition) is 3. The third kappa shape index (κ3) is 3.85. The first-order chi connectivity index (χ1) is 18.3. The summed E-state index contributed by atoms with van der Waals surface area (Å²) in [5.74, 6) is -1.87. The van der Waals surface area contributed by atoms with E-state index in [-0.39, 0.29) is 29.8 Å². The summed E-state index contributed by atoms with van der Waals surface area (Å²) in [6.45, 7) is 0. The van der Waals surface area contributed by atoms with Gasteiger partial charge in [0.25, 0.3) is 0 Å². The van der Waals surface area contributed by atoms with Crippen molar-refractivity contribution in [2.24, 2.45) is 7.05 Å². The van der Waals surface area contributed by atoms with Crippen molar-refractivity contribution < 1.29 is 29.6 Å². The first-order valence-electron chi connectivity index (χ1n) is 12.2. The molecule has 38 heavy (non-hydrogen) atoms. The molecule has 0 bridgehead atoms. The lowest BCUT2D eigenvalue weighted by molar-refractivity contribution is -0.160. The average molecular weight is 513 g/mol. The van der Waals surface area contributed by atoms with Crippen molar-refractivity contribution in [3.05, 3.63) is 113 Å². The monoisotopic (exact) mass is 512 g/mol. The van der Waals surface area contributed by atoms with Crippen LogP contribution in [-0.4, -0.2) is 43.8 Å². The minimum atomic E-state index is -1.99. The molecule has 2 heterocycles. The molecule has 5 rings (SSSR count). The molecule has 1 amide bonds. The summed E-state index contributed by atoms with van der Waals surface area (Å²) >= 11 is 0. The van der Waals surface area contributed by atoms with E-state index in [9.17, 15) is 24.9 Å². The van der Waals surface area contributed by atoms with Gasteiger partial charge in [-0.1, -0.05) is 72.8 Å². The molecule has 0 spiro atoms. The van der Waals surface area contributed by atoms with Crippen LogP contribution in [-0.2, 0) is 35.0 Å². The van der Waals surface area contributed by atoms with Crippen LogP contribution >= 0.6 is 0 Å². The number of benzene rings is 3. The first-order valence-corrected chi connectivity index (χ1v) is 12.2. The molecule has 3 N–H and O–H groups in total. The van der Waals surface area contributed by atoms with Crippen LogP contribution in [0.1, 0.15) is 33.9 Å². The van der Waals surface area contributed by atoms with Gasteiger partial charge in [0.1, 0.15) is 5.75 Å². The number of hydrogen-bond acceptors (Lipinski definition) is 5. The van der Waals surface area contributed by atoms with Gasteiger partial charge in [-0.15, -0.1) is 0 Å². The predicted octanol–water partition coefficient (Wildman–Crippen LogP) is 4.14. The minimum absolute atomic E-state index is 0.0103. The zero-order chi connectivity index (χ0) is 27.0. The second-order valence-electron chi connectivity index (χ2n) is 9.42. The number of methoxy groups -OCH3 is 1. The van der Waals surface area contributed by atoms with E-state index in [1.165, 1.54) is 19.1 Å². The van der Waals surface area contributed by atoms with E-state index in [4.69, 9.17) is 4.74 Å². The maximum Gasteiger partial charge on any atom is 0.334 e. The molecule has 3 aromatic carbocycles. The van der Waals surface area contributed by atoms with E-state index in [0.29, 0.717) is 16.9 Å². The molecule has 2 atom stereocenters. The van der Waals surface area contributed by atoms with Crippen LogP contribution in [0.2, 0.25) is 0 Å². The summed E-state index contributed by atoms with van der Waals surface area (Å²) in [5.41, 5.74) is 0.166. The first kappa shape index (κ1) is 25.0. The molecular weight excluding hydrogens is 484 g/mol. The summed E-state index contributed by atoms with van der Waals surface area (Å²) in [6, 6.07) is 24.0. The summed E-state index contributed by atoms with van der Waals surface area (Å²) in [5, 5.41) is 33.3. The smallest absolute Gasteiger partial charge is 0.334 e. The molecule has 1 aromatic heterocycles. The highest BCUT2D eigenvalue weighted by Gasteiger charge is 2.61. The molecule has 0 aliphatic carbocycles. The molecule has 0 saturated heterocycles. The van der Waals surface area contributed by atoms with Gasteiger partial charge in [0.05, 0.1) is 30.7 Å². The second-order valence-corrected chi connectivity index (χ2v) is 9.42. The van der Waals surface area contributed by atoms with Gasteiger partial charge in [-0.3, -0.25) is 9.36 Å². The lowest BCUT2D eigenvalue weighted by atomic mass is 9.84. The van der Waals surface area contributed by atoms with Crippen molar-refractivity contribution >= 4 is 11.9 Å².